The summed E-state index contributed by atoms with van der Waals surface area (Å²) in [6.07, 6.45) is 8.38. The lowest BCUT2D eigenvalue weighted by Crippen LogP contribution is -2.26. The Labute approximate surface area is 93.2 Å². The summed E-state index contributed by atoms with van der Waals surface area (Å²) in [5.74, 6) is 1.92. The monoisotopic (exact) mass is 215 g/mol. The van der Waals surface area contributed by atoms with Crippen molar-refractivity contribution in [2.45, 2.75) is 63.7 Å². The van der Waals surface area contributed by atoms with Crippen LogP contribution < -0.4 is 5.73 Å². The zero-order valence-corrected chi connectivity index (χ0v) is 10.5. The van der Waals surface area contributed by atoms with Crippen LogP contribution in [-0.2, 0) is 0 Å². The van der Waals surface area contributed by atoms with Crippen LogP contribution in [-0.4, -0.2) is 17.0 Å². The van der Waals surface area contributed by atoms with Crippen molar-refractivity contribution in [3.8, 4) is 0 Å². The fraction of sp³-hybridized carbons (Fsp3) is 1.00. The van der Waals surface area contributed by atoms with Gasteiger partial charge in [0.2, 0.25) is 0 Å². The second-order valence-electron chi connectivity index (χ2n) is 4.98. The molecule has 1 aliphatic carbocycles. The normalized spacial score (nSPS) is 21.4. The predicted octanol–water partition coefficient (Wildman–Crippen LogP) is 3.43. The van der Waals surface area contributed by atoms with Gasteiger partial charge < -0.3 is 5.73 Å². The predicted molar refractivity (Wildman–Crippen MR) is 66.8 cm³/mol. The molecule has 14 heavy (non-hydrogen) atoms. The van der Waals surface area contributed by atoms with Gasteiger partial charge in [0.05, 0.1) is 0 Å². The molecular formula is C12H25NS. The quantitative estimate of drug-likeness (QED) is 0.760. The molecular weight excluding hydrogens is 190 g/mol. The highest BCUT2D eigenvalue weighted by atomic mass is 32.2. The molecule has 1 atom stereocenters. The summed E-state index contributed by atoms with van der Waals surface area (Å²) < 4.78 is 0. The maximum Gasteiger partial charge on any atom is 0.0132 e. The van der Waals surface area contributed by atoms with Crippen LogP contribution >= 0.6 is 11.8 Å². The molecule has 0 bridgehead atoms. The van der Waals surface area contributed by atoms with Crippen molar-refractivity contribution in [3.05, 3.63) is 0 Å². The second kappa shape index (κ2) is 6.73. The maximum absolute atomic E-state index is 6.07. The fourth-order valence-electron chi connectivity index (χ4n) is 2.17. The molecule has 0 radical (unpaired) electrons. The Hall–Kier alpha value is 0.310. The number of thioether (sulfide) groups is 1. The Kier molecular flexibility index (Phi) is 5.95. The molecule has 84 valence electrons. The topological polar surface area (TPSA) is 26.0 Å². The Morgan fingerprint density at radius 1 is 1.21 bits per heavy atom. The van der Waals surface area contributed by atoms with Gasteiger partial charge in [0.15, 0.2) is 0 Å². The highest BCUT2D eigenvalue weighted by Gasteiger charge is 2.15. The smallest absolute Gasteiger partial charge is 0.0132 e. The molecule has 2 heteroatoms. The van der Waals surface area contributed by atoms with Gasteiger partial charge in [-0.15, -0.1) is 0 Å². The minimum absolute atomic E-state index is 0.418. The average molecular weight is 215 g/mol. The van der Waals surface area contributed by atoms with Gasteiger partial charge in [-0.3, -0.25) is 0 Å². The van der Waals surface area contributed by atoms with Crippen LogP contribution in [0.4, 0.5) is 0 Å². The molecule has 0 amide bonds. The summed E-state index contributed by atoms with van der Waals surface area (Å²) >= 11 is 2.12. The average Bonchev–Trinajstić information content (AvgIpc) is 2.15. The van der Waals surface area contributed by atoms with Crippen molar-refractivity contribution in [2.75, 3.05) is 5.75 Å². The summed E-state index contributed by atoms with van der Waals surface area (Å²) in [5.41, 5.74) is 6.07. The molecule has 1 aliphatic rings. The van der Waals surface area contributed by atoms with Crippen LogP contribution in [0.15, 0.2) is 0 Å². The fourth-order valence-corrected chi connectivity index (χ4v) is 3.49. The van der Waals surface area contributed by atoms with E-state index in [1.165, 1.54) is 44.3 Å². The molecule has 0 saturated heterocycles. The third-order valence-electron chi connectivity index (χ3n) is 2.87. The largest absolute Gasteiger partial charge is 0.327 e. The standard InChI is InChI=1S/C12H25NS/c1-10(2)8-11(13)9-14-12-6-4-3-5-7-12/h10-12H,3-9,13H2,1-2H3. The van der Waals surface area contributed by atoms with E-state index >= 15 is 0 Å². The van der Waals surface area contributed by atoms with Crippen LogP contribution in [0, 0.1) is 5.92 Å². The van der Waals surface area contributed by atoms with Gasteiger partial charge in [-0.25, -0.2) is 0 Å². The lowest BCUT2D eigenvalue weighted by atomic mass is 10.0. The van der Waals surface area contributed by atoms with Crippen LogP contribution in [0.1, 0.15) is 52.4 Å². The lowest BCUT2D eigenvalue weighted by molar-refractivity contribution is 0.508. The number of hydrogen-bond acceptors (Lipinski definition) is 2. The van der Waals surface area contributed by atoms with E-state index in [0.29, 0.717) is 6.04 Å². The molecule has 0 aliphatic heterocycles. The van der Waals surface area contributed by atoms with E-state index in [1.54, 1.807) is 0 Å². The highest BCUT2D eigenvalue weighted by Crippen LogP contribution is 2.28. The molecule has 2 N–H and O–H groups in total. The summed E-state index contributed by atoms with van der Waals surface area (Å²) in [5, 5.41) is 0.918. The van der Waals surface area contributed by atoms with Crippen LogP contribution in [0.2, 0.25) is 0 Å². The summed E-state index contributed by atoms with van der Waals surface area (Å²) in [7, 11) is 0. The van der Waals surface area contributed by atoms with Gasteiger partial charge in [0.25, 0.3) is 0 Å². The van der Waals surface area contributed by atoms with Gasteiger partial charge in [-0.2, -0.15) is 11.8 Å². The van der Waals surface area contributed by atoms with Gasteiger partial charge in [-0.05, 0) is 25.2 Å². The molecule has 1 fully saturated rings. The number of hydrogen-bond donors (Lipinski definition) is 1. The Balaban J connectivity index is 2.06. The molecule has 0 heterocycles. The molecule has 1 nitrogen and oxygen atoms in total. The highest BCUT2D eigenvalue weighted by molar-refractivity contribution is 7.99. The van der Waals surface area contributed by atoms with Crippen molar-refractivity contribution in [1.29, 1.82) is 0 Å². The molecule has 0 aromatic heterocycles. The van der Waals surface area contributed by atoms with E-state index in [2.05, 4.69) is 25.6 Å². The first-order valence-electron chi connectivity index (χ1n) is 6.05. The van der Waals surface area contributed by atoms with E-state index in [0.717, 1.165) is 11.2 Å². The summed E-state index contributed by atoms with van der Waals surface area (Å²) in [6.45, 7) is 4.51. The Bertz CT molecular complexity index is 141. The first kappa shape index (κ1) is 12.4. The van der Waals surface area contributed by atoms with Crippen molar-refractivity contribution in [3.63, 3.8) is 0 Å². The van der Waals surface area contributed by atoms with Gasteiger partial charge in [0, 0.05) is 17.0 Å². The minimum atomic E-state index is 0.418. The molecule has 0 aromatic rings. The van der Waals surface area contributed by atoms with Crippen molar-refractivity contribution < 1.29 is 0 Å². The Morgan fingerprint density at radius 2 is 1.86 bits per heavy atom. The number of nitrogens with two attached hydrogens (primary N) is 1. The zero-order chi connectivity index (χ0) is 10.4. The van der Waals surface area contributed by atoms with Gasteiger partial charge >= 0.3 is 0 Å². The maximum atomic E-state index is 6.07. The SMILES string of the molecule is CC(C)CC(N)CSC1CCCCC1. The first-order chi connectivity index (χ1) is 6.68. The van der Waals surface area contributed by atoms with Crippen molar-refractivity contribution >= 4 is 11.8 Å². The molecule has 1 saturated carbocycles. The lowest BCUT2D eigenvalue weighted by Gasteiger charge is -2.23. The van der Waals surface area contributed by atoms with Crippen LogP contribution in [0.3, 0.4) is 0 Å². The van der Waals surface area contributed by atoms with E-state index in [9.17, 15) is 0 Å². The van der Waals surface area contributed by atoms with E-state index in [4.69, 9.17) is 5.73 Å². The molecule has 1 unspecified atom stereocenters. The number of rotatable bonds is 5. The summed E-state index contributed by atoms with van der Waals surface area (Å²) in [6, 6.07) is 0.418. The van der Waals surface area contributed by atoms with E-state index in [1.807, 2.05) is 0 Å². The van der Waals surface area contributed by atoms with E-state index < -0.39 is 0 Å². The third kappa shape index (κ3) is 5.26. The second-order valence-corrected chi connectivity index (χ2v) is 6.32. The zero-order valence-electron chi connectivity index (χ0n) is 9.67. The minimum Gasteiger partial charge on any atom is -0.327 e. The molecule has 0 spiro atoms. The summed E-state index contributed by atoms with van der Waals surface area (Å²) in [4.78, 5) is 0. The molecule has 0 aromatic carbocycles. The van der Waals surface area contributed by atoms with Crippen LogP contribution in [0.25, 0.3) is 0 Å². The van der Waals surface area contributed by atoms with E-state index in [-0.39, 0.29) is 0 Å². The van der Waals surface area contributed by atoms with Crippen molar-refractivity contribution in [1.82, 2.24) is 0 Å². The van der Waals surface area contributed by atoms with Gasteiger partial charge in [0.1, 0.15) is 0 Å². The van der Waals surface area contributed by atoms with Crippen molar-refractivity contribution in [2.24, 2.45) is 11.7 Å². The van der Waals surface area contributed by atoms with Gasteiger partial charge in [-0.1, -0.05) is 33.1 Å². The third-order valence-corrected chi connectivity index (χ3v) is 4.44. The molecule has 1 rings (SSSR count). The Morgan fingerprint density at radius 3 is 2.43 bits per heavy atom. The van der Waals surface area contributed by atoms with Crippen LogP contribution in [0.5, 0.6) is 0 Å². The first-order valence-corrected chi connectivity index (χ1v) is 7.10.